The number of nitrogens with one attached hydrogen (secondary N) is 1. The molecule has 0 bridgehead atoms. The average molecular weight is 129 g/mol. The van der Waals surface area contributed by atoms with Gasteiger partial charge in [0.15, 0.2) is 0 Å². The fourth-order valence-corrected chi connectivity index (χ4v) is 0.840. The minimum atomic E-state index is 0.0787. The molecule has 0 heterocycles. The van der Waals surface area contributed by atoms with Crippen molar-refractivity contribution in [3.05, 3.63) is 0 Å². The number of Topliss-reactive ketones (excluding diaryl/α,β-unsaturated/α-hetero) is 1. The van der Waals surface area contributed by atoms with Crippen LogP contribution in [0, 0.1) is 0 Å². The van der Waals surface area contributed by atoms with Crippen LogP contribution in [0.1, 0.15) is 26.7 Å². The van der Waals surface area contributed by atoms with Crippen molar-refractivity contribution in [1.82, 2.24) is 5.32 Å². The average Bonchev–Trinajstić information content (AvgIpc) is 1.82. The zero-order chi connectivity index (χ0) is 7.28. The summed E-state index contributed by atoms with van der Waals surface area (Å²) in [5, 5.41) is 2.95. The van der Waals surface area contributed by atoms with Crippen molar-refractivity contribution in [2.24, 2.45) is 0 Å². The first kappa shape index (κ1) is 8.63. The Morgan fingerprint density at radius 2 is 2.22 bits per heavy atom. The molecule has 0 aliphatic rings. The maximum absolute atomic E-state index is 10.7. The molecule has 0 unspecified atom stereocenters. The van der Waals surface area contributed by atoms with Crippen LogP contribution in [0.2, 0.25) is 0 Å². The quantitative estimate of drug-likeness (QED) is 0.612. The monoisotopic (exact) mass is 129 g/mol. The molecule has 1 N–H and O–H groups in total. The van der Waals surface area contributed by atoms with Crippen LogP contribution in [0.5, 0.6) is 0 Å². The number of hydrogen-bond acceptors (Lipinski definition) is 2. The van der Waals surface area contributed by atoms with Gasteiger partial charge in [-0.3, -0.25) is 4.79 Å². The standard InChI is InChI=1S/C7H15NO/c1-4-5-7(8-3)6(2)9/h7-8H,4-5H2,1-3H3/t7-/m1/s1. The number of carbonyl (C=O) groups is 1. The van der Waals surface area contributed by atoms with E-state index in [1.165, 1.54) is 0 Å². The summed E-state index contributed by atoms with van der Waals surface area (Å²) < 4.78 is 0. The minimum Gasteiger partial charge on any atom is -0.311 e. The molecule has 0 amide bonds. The van der Waals surface area contributed by atoms with Gasteiger partial charge in [-0.1, -0.05) is 13.3 Å². The molecule has 2 heteroatoms. The molecule has 0 aliphatic carbocycles. The van der Waals surface area contributed by atoms with Gasteiger partial charge in [0.25, 0.3) is 0 Å². The second-order valence-electron chi connectivity index (χ2n) is 2.24. The lowest BCUT2D eigenvalue weighted by Crippen LogP contribution is -2.31. The number of hydrogen-bond donors (Lipinski definition) is 1. The largest absolute Gasteiger partial charge is 0.311 e. The summed E-state index contributed by atoms with van der Waals surface area (Å²) in [6, 6.07) is 0.0787. The molecule has 0 spiro atoms. The molecule has 0 aromatic heterocycles. The number of ketones is 1. The van der Waals surface area contributed by atoms with E-state index < -0.39 is 0 Å². The van der Waals surface area contributed by atoms with E-state index in [-0.39, 0.29) is 11.8 Å². The van der Waals surface area contributed by atoms with E-state index >= 15 is 0 Å². The molecular formula is C7H15NO. The maximum atomic E-state index is 10.7. The molecule has 0 rings (SSSR count). The van der Waals surface area contributed by atoms with E-state index in [2.05, 4.69) is 12.2 Å². The lowest BCUT2D eigenvalue weighted by Gasteiger charge is -2.09. The molecule has 0 aromatic rings. The molecule has 1 atom stereocenters. The van der Waals surface area contributed by atoms with Crippen LogP contribution in [0.15, 0.2) is 0 Å². The van der Waals surface area contributed by atoms with Crippen LogP contribution in [0.3, 0.4) is 0 Å². The highest BCUT2D eigenvalue weighted by molar-refractivity contribution is 5.81. The van der Waals surface area contributed by atoms with E-state index in [1.54, 1.807) is 6.92 Å². The molecule has 0 saturated heterocycles. The zero-order valence-corrected chi connectivity index (χ0v) is 6.40. The topological polar surface area (TPSA) is 29.1 Å². The molecule has 9 heavy (non-hydrogen) atoms. The fourth-order valence-electron chi connectivity index (χ4n) is 0.840. The molecular weight excluding hydrogens is 114 g/mol. The summed E-state index contributed by atoms with van der Waals surface area (Å²) in [4.78, 5) is 10.7. The predicted octanol–water partition coefficient (Wildman–Crippen LogP) is 0.964. The van der Waals surface area contributed by atoms with Gasteiger partial charge in [0.05, 0.1) is 6.04 Å². The normalized spacial score (nSPS) is 13.2. The molecule has 2 nitrogen and oxygen atoms in total. The van der Waals surface area contributed by atoms with Crippen LogP contribution in [0.4, 0.5) is 0 Å². The maximum Gasteiger partial charge on any atom is 0.146 e. The zero-order valence-electron chi connectivity index (χ0n) is 6.40. The highest BCUT2D eigenvalue weighted by atomic mass is 16.1. The van der Waals surface area contributed by atoms with E-state index in [9.17, 15) is 4.79 Å². The lowest BCUT2D eigenvalue weighted by atomic mass is 10.1. The SMILES string of the molecule is CCC[C@@H](NC)C(C)=O. The Morgan fingerprint density at radius 1 is 1.67 bits per heavy atom. The van der Waals surface area contributed by atoms with Gasteiger partial charge >= 0.3 is 0 Å². The number of likely N-dealkylation sites (N-methyl/N-ethyl adjacent to an activating group) is 1. The summed E-state index contributed by atoms with van der Waals surface area (Å²) in [7, 11) is 1.82. The first-order chi connectivity index (χ1) is 4.22. The van der Waals surface area contributed by atoms with Gasteiger partial charge in [-0.25, -0.2) is 0 Å². The predicted molar refractivity (Wildman–Crippen MR) is 38.4 cm³/mol. The fraction of sp³-hybridized carbons (Fsp3) is 0.857. The summed E-state index contributed by atoms with van der Waals surface area (Å²) in [5.74, 6) is 0.236. The minimum absolute atomic E-state index is 0.0787. The van der Waals surface area contributed by atoms with Gasteiger partial charge in [0, 0.05) is 0 Å². The van der Waals surface area contributed by atoms with Crippen molar-refractivity contribution in [2.75, 3.05) is 7.05 Å². The van der Waals surface area contributed by atoms with Gasteiger partial charge in [0.2, 0.25) is 0 Å². The molecule has 0 aromatic carbocycles. The van der Waals surface area contributed by atoms with Gasteiger partial charge < -0.3 is 5.32 Å². The van der Waals surface area contributed by atoms with Crippen LogP contribution < -0.4 is 5.32 Å². The van der Waals surface area contributed by atoms with Crippen molar-refractivity contribution in [1.29, 1.82) is 0 Å². The van der Waals surface area contributed by atoms with Crippen LogP contribution in [-0.4, -0.2) is 18.9 Å². The number of rotatable bonds is 4. The van der Waals surface area contributed by atoms with E-state index in [0.29, 0.717) is 0 Å². The summed E-state index contributed by atoms with van der Waals surface area (Å²) in [5.41, 5.74) is 0. The first-order valence-corrected chi connectivity index (χ1v) is 3.40. The van der Waals surface area contributed by atoms with Crippen molar-refractivity contribution < 1.29 is 4.79 Å². The van der Waals surface area contributed by atoms with E-state index in [4.69, 9.17) is 0 Å². The molecule has 0 fully saturated rings. The van der Waals surface area contributed by atoms with E-state index in [0.717, 1.165) is 12.8 Å². The van der Waals surface area contributed by atoms with Crippen molar-refractivity contribution in [3.8, 4) is 0 Å². The Morgan fingerprint density at radius 3 is 2.33 bits per heavy atom. The van der Waals surface area contributed by atoms with Crippen LogP contribution in [-0.2, 0) is 4.79 Å². The van der Waals surface area contributed by atoms with Crippen molar-refractivity contribution in [2.45, 2.75) is 32.7 Å². The molecule has 0 aliphatic heterocycles. The summed E-state index contributed by atoms with van der Waals surface area (Å²) in [6.07, 6.45) is 2.01. The third-order valence-corrected chi connectivity index (χ3v) is 1.42. The van der Waals surface area contributed by atoms with Gasteiger partial charge in [-0.15, -0.1) is 0 Å². The Kier molecular flexibility index (Phi) is 4.32. The Labute approximate surface area is 56.6 Å². The van der Waals surface area contributed by atoms with E-state index in [1.807, 2.05) is 7.05 Å². The van der Waals surface area contributed by atoms with Crippen molar-refractivity contribution >= 4 is 5.78 Å². The van der Waals surface area contributed by atoms with Gasteiger partial charge in [0.1, 0.15) is 5.78 Å². The summed E-state index contributed by atoms with van der Waals surface area (Å²) in [6.45, 7) is 3.70. The van der Waals surface area contributed by atoms with Crippen LogP contribution >= 0.6 is 0 Å². The highest BCUT2D eigenvalue weighted by Crippen LogP contribution is 1.95. The Balaban J connectivity index is 3.54. The molecule has 0 radical (unpaired) electrons. The Bertz CT molecular complexity index is 90.9. The third kappa shape index (κ3) is 3.25. The van der Waals surface area contributed by atoms with Gasteiger partial charge in [-0.05, 0) is 20.4 Å². The second-order valence-corrected chi connectivity index (χ2v) is 2.24. The molecule has 0 saturated carbocycles. The lowest BCUT2D eigenvalue weighted by molar-refractivity contribution is -0.119. The van der Waals surface area contributed by atoms with Crippen LogP contribution in [0.25, 0.3) is 0 Å². The third-order valence-electron chi connectivity index (χ3n) is 1.42. The van der Waals surface area contributed by atoms with Crippen molar-refractivity contribution in [3.63, 3.8) is 0 Å². The smallest absolute Gasteiger partial charge is 0.146 e. The first-order valence-electron chi connectivity index (χ1n) is 3.40. The summed E-state index contributed by atoms with van der Waals surface area (Å²) >= 11 is 0. The van der Waals surface area contributed by atoms with Gasteiger partial charge in [-0.2, -0.15) is 0 Å². The highest BCUT2D eigenvalue weighted by Gasteiger charge is 2.07. The molecule has 54 valence electrons. The Hall–Kier alpha value is -0.370. The number of carbonyl (C=O) groups excluding carboxylic acids is 1. The second kappa shape index (κ2) is 4.50.